The number of nitrogens with one attached hydrogen (secondary N) is 1. The average Bonchev–Trinajstić information content (AvgIpc) is 1.58. The first kappa shape index (κ1) is 9.10. The van der Waals surface area contributed by atoms with Crippen LogP contribution in [-0.2, 0) is 9.59 Å². The van der Waals surface area contributed by atoms with E-state index in [1.54, 1.807) is 14.1 Å². The molecule has 0 spiro atoms. The molecule has 1 N–H and O–H groups in total. The van der Waals surface area contributed by atoms with E-state index in [2.05, 4.69) is 5.43 Å². The van der Waals surface area contributed by atoms with Gasteiger partial charge in [0.25, 0.3) is 0 Å². The molecule has 0 radical (unpaired) electrons. The molecule has 1 amide bonds. The van der Waals surface area contributed by atoms with Crippen molar-refractivity contribution in [2.24, 2.45) is 0 Å². The maximum absolute atomic E-state index is 10.7. The van der Waals surface area contributed by atoms with Gasteiger partial charge in [-0.3, -0.25) is 15.0 Å². The molecule has 0 heterocycles. The molecule has 4 heteroatoms. The van der Waals surface area contributed by atoms with Gasteiger partial charge in [-0.1, -0.05) is 0 Å². The highest BCUT2D eigenvalue weighted by molar-refractivity contribution is 5.96. The number of hydrogen-bond acceptors (Lipinski definition) is 3. The molecule has 4 nitrogen and oxygen atoms in total. The maximum atomic E-state index is 10.7. The van der Waals surface area contributed by atoms with Gasteiger partial charge in [-0.2, -0.15) is 0 Å². The van der Waals surface area contributed by atoms with Gasteiger partial charge < -0.3 is 0 Å². The molecular weight excluding hydrogens is 132 g/mol. The Hall–Kier alpha value is -0.900. The molecule has 0 atom stereocenters. The summed E-state index contributed by atoms with van der Waals surface area (Å²) in [6, 6.07) is 0. The fourth-order valence-corrected chi connectivity index (χ4v) is 0.515. The van der Waals surface area contributed by atoms with Gasteiger partial charge in [0.15, 0.2) is 0 Å². The van der Waals surface area contributed by atoms with E-state index in [4.69, 9.17) is 0 Å². The predicted molar refractivity (Wildman–Crippen MR) is 37.1 cm³/mol. The van der Waals surface area contributed by atoms with Crippen molar-refractivity contribution < 1.29 is 9.59 Å². The van der Waals surface area contributed by atoms with E-state index >= 15 is 0 Å². The molecule has 0 saturated heterocycles. The van der Waals surface area contributed by atoms with Gasteiger partial charge >= 0.3 is 0 Å². The van der Waals surface area contributed by atoms with E-state index in [1.165, 1.54) is 11.9 Å². The minimum Gasteiger partial charge on any atom is -0.299 e. The van der Waals surface area contributed by atoms with Gasteiger partial charge in [-0.05, 0) is 6.92 Å². The zero-order valence-electron chi connectivity index (χ0n) is 6.47. The number of amides is 1. The van der Waals surface area contributed by atoms with Crippen molar-refractivity contribution in [2.45, 2.75) is 13.3 Å². The normalized spacial score (nSPS) is 9.60. The maximum Gasteiger partial charge on any atom is 0.241 e. The van der Waals surface area contributed by atoms with Crippen molar-refractivity contribution in [3.8, 4) is 0 Å². The summed E-state index contributed by atoms with van der Waals surface area (Å²) in [5.74, 6) is -0.392. The average molecular weight is 144 g/mol. The second-order valence-electron chi connectivity index (χ2n) is 2.31. The van der Waals surface area contributed by atoms with Crippen molar-refractivity contribution in [1.29, 1.82) is 0 Å². The van der Waals surface area contributed by atoms with Crippen LogP contribution in [-0.4, -0.2) is 30.8 Å². The lowest BCUT2D eigenvalue weighted by Gasteiger charge is -2.09. The monoisotopic (exact) mass is 144 g/mol. The first-order valence-corrected chi connectivity index (χ1v) is 2.98. The summed E-state index contributed by atoms with van der Waals surface area (Å²) in [4.78, 5) is 21.0. The number of carbonyl (C=O) groups excluding carboxylic acids is 2. The Morgan fingerprint density at radius 2 is 1.90 bits per heavy atom. The Morgan fingerprint density at radius 3 is 2.20 bits per heavy atom. The van der Waals surface area contributed by atoms with Crippen molar-refractivity contribution in [3.05, 3.63) is 0 Å². The van der Waals surface area contributed by atoms with Crippen molar-refractivity contribution in [2.75, 3.05) is 14.1 Å². The number of rotatable bonds is 3. The molecule has 0 saturated carbocycles. The molecule has 0 aromatic rings. The first-order valence-electron chi connectivity index (χ1n) is 2.98. The van der Waals surface area contributed by atoms with Crippen LogP contribution in [0.15, 0.2) is 0 Å². The lowest BCUT2D eigenvalue weighted by Crippen LogP contribution is -2.36. The van der Waals surface area contributed by atoms with Gasteiger partial charge in [0.1, 0.15) is 5.78 Å². The highest BCUT2D eigenvalue weighted by Gasteiger charge is 2.03. The third kappa shape index (κ3) is 5.24. The van der Waals surface area contributed by atoms with Crippen LogP contribution in [0.5, 0.6) is 0 Å². The van der Waals surface area contributed by atoms with E-state index in [1.807, 2.05) is 0 Å². The third-order valence-corrected chi connectivity index (χ3v) is 0.758. The van der Waals surface area contributed by atoms with Crippen LogP contribution < -0.4 is 5.43 Å². The van der Waals surface area contributed by atoms with Crippen LogP contribution in [0.3, 0.4) is 0 Å². The third-order valence-electron chi connectivity index (χ3n) is 0.758. The van der Waals surface area contributed by atoms with Gasteiger partial charge in [-0.25, -0.2) is 5.01 Å². The lowest BCUT2D eigenvalue weighted by atomic mass is 10.3. The van der Waals surface area contributed by atoms with Gasteiger partial charge in [0, 0.05) is 14.1 Å². The molecule has 0 unspecified atom stereocenters. The van der Waals surface area contributed by atoms with Crippen molar-refractivity contribution in [3.63, 3.8) is 0 Å². The number of nitrogens with zero attached hydrogens (tertiary/aromatic N) is 1. The van der Waals surface area contributed by atoms with E-state index in [9.17, 15) is 9.59 Å². The molecule has 0 aliphatic heterocycles. The fraction of sp³-hybridized carbons (Fsp3) is 0.667. The second kappa shape index (κ2) is 4.00. The highest BCUT2D eigenvalue weighted by atomic mass is 16.2. The van der Waals surface area contributed by atoms with Crippen molar-refractivity contribution in [1.82, 2.24) is 10.4 Å². The predicted octanol–water partition coefficient (Wildman–Crippen LogP) is -0.442. The molecule has 0 aliphatic carbocycles. The van der Waals surface area contributed by atoms with Gasteiger partial charge in [0.05, 0.1) is 6.42 Å². The largest absolute Gasteiger partial charge is 0.299 e. The zero-order valence-corrected chi connectivity index (χ0v) is 6.47. The quantitative estimate of drug-likeness (QED) is 0.431. The molecular formula is C6H12N2O2. The Kier molecular flexibility index (Phi) is 3.64. The van der Waals surface area contributed by atoms with E-state index in [0.29, 0.717) is 0 Å². The fourth-order valence-electron chi connectivity index (χ4n) is 0.515. The number of Topliss-reactive ketones (excluding diaryl/α,β-unsaturated/α-hetero) is 1. The number of hydrogen-bond donors (Lipinski definition) is 1. The van der Waals surface area contributed by atoms with Gasteiger partial charge in [-0.15, -0.1) is 0 Å². The van der Waals surface area contributed by atoms with E-state index in [-0.39, 0.29) is 18.1 Å². The Bertz CT molecular complexity index is 143. The molecule has 58 valence electrons. The smallest absolute Gasteiger partial charge is 0.241 e. The van der Waals surface area contributed by atoms with Gasteiger partial charge in [0.2, 0.25) is 5.91 Å². The summed E-state index contributed by atoms with van der Waals surface area (Å²) in [6.07, 6.45) is -0.0435. The zero-order chi connectivity index (χ0) is 8.15. The molecule has 0 aromatic carbocycles. The van der Waals surface area contributed by atoms with Crippen LogP contribution in [0, 0.1) is 0 Å². The Balaban J connectivity index is 3.54. The summed E-state index contributed by atoms with van der Waals surface area (Å²) in [5.41, 5.74) is 2.45. The number of ketones is 1. The summed E-state index contributed by atoms with van der Waals surface area (Å²) in [6.45, 7) is 1.38. The van der Waals surface area contributed by atoms with Crippen molar-refractivity contribution >= 4 is 11.7 Å². The van der Waals surface area contributed by atoms with Crippen LogP contribution in [0.2, 0.25) is 0 Å². The molecule has 0 aliphatic rings. The SMILES string of the molecule is CC(=O)CC(=O)NN(C)C. The van der Waals surface area contributed by atoms with Crippen LogP contribution in [0.1, 0.15) is 13.3 Å². The number of hydrazine groups is 1. The van der Waals surface area contributed by atoms with E-state index in [0.717, 1.165) is 0 Å². The summed E-state index contributed by atoms with van der Waals surface area (Å²) < 4.78 is 0. The van der Waals surface area contributed by atoms with Crippen LogP contribution >= 0.6 is 0 Å². The molecule has 10 heavy (non-hydrogen) atoms. The standard InChI is InChI=1S/C6H12N2O2/c1-5(9)4-6(10)7-8(2)3/h4H2,1-3H3,(H,7,10). The van der Waals surface area contributed by atoms with Crippen LogP contribution in [0.4, 0.5) is 0 Å². The summed E-state index contributed by atoms with van der Waals surface area (Å²) in [5, 5.41) is 1.51. The Labute approximate surface area is 60.2 Å². The summed E-state index contributed by atoms with van der Waals surface area (Å²) in [7, 11) is 3.38. The molecule has 0 fully saturated rings. The lowest BCUT2D eigenvalue weighted by molar-refractivity contribution is -0.129. The number of carbonyl (C=O) groups is 2. The second-order valence-corrected chi connectivity index (χ2v) is 2.31. The molecule has 0 bridgehead atoms. The first-order chi connectivity index (χ1) is 4.52. The minimum absolute atomic E-state index is 0.0435. The topological polar surface area (TPSA) is 49.4 Å². The highest BCUT2D eigenvalue weighted by Crippen LogP contribution is 1.80. The van der Waals surface area contributed by atoms with Crippen LogP contribution in [0.25, 0.3) is 0 Å². The molecule has 0 aromatic heterocycles. The Morgan fingerprint density at radius 1 is 1.40 bits per heavy atom. The molecule has 0 rings (SSSR count). The van der Waals surface area contributed by atoms with E-state index < -0.39 is 0 Å². The minimum atomic E-state index is -0.266. The summed E-state index contributed by atoms with van der Waals surface area (Å²) >= 11 is 0.